The van der Waals surface area contributed by atoms with Gasteiger partial charge in [0.05, 0.1) is 11.3 Å². The molecule has 0 fully saturated rings. The van der Waals surface area contributed by atoms with E-state index in [1.807, 2.05) is 48.5 Å². The number of phenols is 1. The Hall–Kier alpha value is -6.30. The lowest BCUT2D eigenvalue weighted by Gasteiger charge is -2.34. The summed E-state index contributed by atoms with van der Waals surface area (Å²) in [6.45, 7) is 6.46. The van der Waals surface area contributed by atoms with Crippen molar-refractivity contribution in [2.45, 2.75) is 26.2 Å². The highest BCUT2D eigenvalue weighted by Crippen LogP contribution is 2.36. The first-order valence-electron chi connectivity index (χ1n) is 18.0. The first-order chi connectivity index (χ1) is 25.8. The van der Waals surface area contributed by atoms with Crippen LogP contribution in [-0.4, -0.2) is 24.4 Å². The van der Waals surface area contributed by atoms with Gasteiger partial charge in [0.1, 0.15) is 11.3 Å². The minimum absolute atomic E-state index is 0.0544. The van der Waals surface area contributed by atoms with Gasteiger partial charge in [-0.15, -0.1) is 0 Å². The van der Waals surface area contributed by atoms with E-state index in [9.17, 15) is 5.11 Å². The number of aromatic hydroxyl groups is 1. The molecule has 0 saturated carbocycles. The molecule has 0 amide bonds. The molecule has 0 radical (unpaired) electrons. The number of rotatable bonds is 8. The number of para-hydroxylation sites is 2. The van der Waals surface area contributed by atoms with Crippen molar-refractivity contribution in [3.8, 4) is 28.3 Å². The van der Waals surface area contributed by atoms with Crippen LogP contribution in [0.4, 0.5) is 5.69 Å². The first kappa shape index (κ1) is 33.8. The summed E-state index contributed by atoms with van der Waals surface area (Å²) in [5.74, 6) is 0.682. The predicted octanol–water partition coefficient (Wildman–Crippen LogP) is 9.29. The summed E-state index contributed by atoms with van der Waals surface area (Å²) in [7, 11) is -2.64. The third-order valence-electron chi connectivity index (χ3n) is 10.0. The molecule has 0 atom stereocenters. The summed E-state index contributed by atoms with van der Waals surface area (Å²) >= 11 is 0. The van der Waals surface area contributed by atoms with E-state index in [4.69, 9.17) is 14.4 Å². The van der Waals surface area contributed by atoms with Crippen LogP contribution in [0.3, 0.4) is 0 Å². The van der Waals surface area contributed by atoms with Crippen LogP contribution in [0.2, 0.25) is 0 Å². The average Bonchev–Trinajstić information content (AvgIpc) is 3.64. The van der Waals surface area contributed by atoms with Crippen molar-refractivity contribution >= 4 is 51.8 Å². The van der Waals surface area contributed by atoms with Gasteiger partial charge >= 0.3 is 0 Å². The molecule has 1 N–H and O–H groups in total. The highest BCUT2D eigenvalue weighted by atomic mass is 28.3. The fourth-order valence-electron chi connectivity index (χ4n) is 7.29. The van der Waals surface area contributed by atoms with E-state index in [-0.39, 0.29) is 11.2 Å². The Kier molecular flexibility index (Phi) is 8.95. The van der Waals surface area contributed by atoms with Gasteiger partial charge in [0.2, 0.25) is 5.89 Å². The molecule has 1 aromatic heterocycles. The number of benzene rings is 7. The molecule has 0 spiro atoms. The molecule has 0 bridgehead atoms. The number of aromatic nitrogens is 1. The normalized spacial score (nSPS) is 12.1. The second-order valence-electron chi connectivity index (χ2n) is 14.4. The molecule has 1 heterocycles. The van der Waals surface area contributed by atoms with E-state index < -0.39 is 8.07 Å². The second kappa shape index (κ2) is 14.0. The van der Waals surface area contributed by atoms with Gasteiger partial charge in [0, 0.05) is 17.3 Å². The van der Waals surface area contributed by atoms with Crippen LogP contribution >= 0.6 is 0 Å². The van der Waals surface area contributed by atoms with E-state index in [0.29, 0.717) is 22.7 Å². The Bertz CT molecular complexity index is 2440. The number of nitrogens with zero attached hydrogens (tertiary/aromatic N) is 2. The summed E-state index contributed by atoms with van der Waals surface area (Å²) in [6.07, 6.45) is 1.71. The van der Waals surface area contributed by atoms with Crippen LogP contribution in [0.15, 0.2) is 185 Å². The maximum atomic E-state index is 10.6. The number of aliphatic imine (C=N–C) groups is 1. The van der Waals surface area contributed by atoms with Gasteiger partial charge in [-0.1, -0.05) is 166 Å². The number of phenolic OH excluding ortho intramolecular Hbond substituents is 1. The Morgan fingerprint density at radius 2 is 1.13 bits per heavy atom. The van der Waals surface area contributed by atoms with E-state index in [1.165, 1.54) is 20.7 Å². The van der Waals surface area contributed by atoms with Gasteiger partial charge in [0.15, 0.2) is 13.7 Å². The quantitative estimate of drug-likeness (QED) is 0.0975. The standard InChI is InChI=1S/C48H40N2O2Si/c1-48(2,3)36-28-31-44(51)35(32-36)33-49-43-24-14-13-22-42(43)47-50-46-41(23-15-25-45(46)52-47)34-26-29-40(30-27-34)53(37-16-7-4-8-17-37,38-18-9-5-10-19-38)39-20-11-6-12-21-39/h4-33,51H,1-3H3. The highest BCUT2D eigenvalue weighted by Gasteiger charge is 2.41. The molecule has 0 aliphatic heterocycles. The van der Waals surface area contributed by atoms with Crippen LogP contribution in [0.5, 0.6) is 5.75 Å². The van der Waals surface area contributed by atoms with Gasteiger partial charge < -0.3 is 9.52 Å². The minimum Gasteiger partial charge on any atom is -0.507 e. The predicted molar refractivity (Wildman–Crippen MR) is 223 cm³/mol. The van der Waals surface area contributed by atoms with Gasteiger partial charge in [-0.3, -0.25) is 4.99 Å². The fourth-order valence-corrected chi connectivity index (χ4v) is 12.0. The van der Waals surface area contributed by atoms with E-state index in [1.54, 1.807) is 12.3 Å². The molecule has 258 valence electrons. The first-order valence-corrected chi connectivity index (χ1v) is 20.0. The third kappa shape index (κ3) is 6.41. The van der Waals surface area contributed by atoms with Gasteiger partial charge in [-0.25, -0.2) is 4.98 Å². The van der Waals surface area contributed by atoms with Gasteiger partial charge in [0.25, 0.3) is 0 Å². The number of oxazole rings is 1. The molecule has 53 heavy (non-hydrogen) atoms. The minimum atomic E-state index is -2.64. The Balaban J connectivity index is 1.20. The van der Waals surface area contributed by atoms with Crippen LogP contribution in [0.25, 0.3) is 33.7 Å². The lowest BCUT2D eigenvalue weighted by atomic mass is 9.86. The summed E-state index contributed by atoms with van der Waals surface area (Å²) in [5.41, 5.74) is 6.77. The number of hydrogen-bond acceptors (Lipinski definition) is 4. The van der Waals surface area contributed by atoms with Crippen molar-refractivity contribution in [2.24, 2.45) is 4.99 Å². The van der Waals surface area contributed by atoms with Crippen LogP contribution in [0.1, 0.15) is 31.9 Å². The Morgan fingerprint density at radius 3 is 1.74 bits per heavy atom. The number of hydrogen-bond donors (Lipinski definition) is 1. The lowest BCUT2D eigenvalue weighted by molar-refractivity contribution is 0.473. The summed E-state index contributed by atoms with van der Waals surface area (Å²) in [6, 6.07) is 61.5. The molecule has 0 aliphatic carbocycles. The smallest absolute Gasteiger partial charge is 0.229 e. The molecule has 5 heteroatoms. The van der Waals surface area contributed by atoms with Crippen LogP contribution < -0.4 is 20.7 Å². The van der Waals surface area contributed by atoms with Crippen molar-refractivity contribution in [3.63, 3.8) is 0 Å². The SMILES string of the molecule is CC(C)(C)c1ccc(O)c(C=Nc2ccccc2-c2nc3c(-c4ccc([Si](c5ccccc5)(c5ccccc5)c5ccccc5)cc4)cccc3o2)c1. The Morgan fingerprint density at radius 1 is 0.585 bits per heavy atom. The van der Waals surface area contributed by atoms with E-state index in [0.717, 1.165) is 27.8 Å². The zero-order valence-electron chi connectivity index (χ0n) is 30.1. The zero-order valence-corrected chi connectivity index (χ0v) is 31.1. The largest absolute Gasteiger partial charge is 0.507 e. The maximum Gasteiger partial charge on any atom is 0.229 e. The van der Waals surface area contributed by atoms with Crippen molar-refractivity contribution in [1.29, 1.82) is 0 Å². The van der Waals surface area contributed by atoms with Gasteiger partial charge in [-0.05, 0) is 67.6 Å². The van der Waals surface area contributed by atoms with Gasteiger partial charge in [-0.2, -0.15) is 0 Å². The van der Waals surface area contributed by atoms with Crippen LogP contribution in [0, 0.1) is 0 Å². The molecule has 4 nitrogen and oxygen atoms in total. The van der Waals surface area contributed by atoms with Crippen molar-refractivity contribution in [2.75, 3.05) is 0 Å². The molecule has 0 unspecified atom stereocenters. The van der Waals surface area contributed by atoms with Crippen LogP contribution in [-0.2, 0) is 5.41 Å². The lowest BCUT2D eigenvalue weighted by Crippen LogP contribution is -2.74. The van der Waals surface area contributed by atoms with E-state index >= 15 is 0 Å². The van der Waals surface area contributed by atoms with E-state index in [2.05, 4.69) is 142 Å². The maximum absolute atomic E-state index is 10.6. The number of fused-ring (bicyclic) bond motifs is 1. The van der Waals surface area contributed by atoms with Crippen molar-refractivity contribution in [1.82, 2.24) is 4.98 Å². The molecular formula is C48H40N2O2Si. The molecule has 7 aromatic carbocycles. The molecule has 0 aliphatic rings. The molecular weight excluding hydrogens is 665 g/mol. The molecule has 0 saturated heterocycles. The average molecular weight is 705 g/mol. The molecule has 8 aromatic rings. The topological polar surface area (TPSA) is 58.6 Å². The summed E-state index contributed by atoms with van der Waals surface area (Å²) < 4.78 is 6.42. The summed E-state index contributed by atoms with van der Waals surface area (Å²) in [4.78, 5) is 9.89. The molecule has 8 rings (SSSR count). The third-order valence-corrected chi connectivity index (χ3v) is 14.8. The summed E-state index contributed by atoms with van der Waals surface area (Å²) in [5, 5.41) is 15.9. The highest BCUT2D eigenvalue weighted by molar-refractivity contribution is 7.19. The fraction of sp³-hybridized carbons (Fsp3) is 0.0833. The second-order valence-corrected chi connectivity index (χ2v) is 18.2. The zero-order chi connectivity index (χ0) is 36.4. The Labute approximate surface area is 311 Å². The van der Waals surface area contributed by atoms with Crippen molar-refractivity contribution < 1.29 is 9.52 Å². The van der Waals surface area contributed by atoms with Crippen molar-refractivity contribution in [3.05, 3.63) is 187 Å². The monoisotopic (exact) mass is 704 g/mol.